The van der Waals surface area contributed by atoms with Crippen molar-refractivity contribution in [1.82, 2.24) is 20.0 Å². The SMILES string of the molecule is CN1CCCCC1CCNCCc1ccnn1C. The average molecular weight is 250 g/mol. The number of hydrogen-bond donors (Lipinski definition) is 1. The summed E-state index contributed by atoms with van der Waals surface area (Å²) in [4.78, 5) is 2.52. The van der Waals surface area contributed by atoms with Crippen LogP contribution in [0.5, 0.6) is 0 Å². The van der Waals surface area contributed by atoms with Crippen molar-refractivity contribution in [2.75, 3.05) is 26.7 Å². The first-order valence-corrected chi connectivity index (χ1v) is 7.15. The van der Waals surface area contributed by atoms with E-state index in [0.29, 0.717) is 0 Å². The summed E-state index contributed by atoms with van der Waals surface area (Å²) in [5.41, 5.74) is 1.30. The molecule has 4 nitrogen and oxygen atoms in total. The Morgan fingerprint density at radius 3 is 2.94 bits per heavy atom. The molecule has 0 amide bonds. The van der Waals surface area contributed by atoms with Gasteiger partial charge in [-0.1, -0.05) is 6.42 Å². The summed E-state index contributed by atoms with van der Waals surface area (Å²) in [6, 6.07) is 2.89. The Morgan fingerprint density at radius 2 is 2.22 bits per heavy atom. The van der Waals surface area contributed by atoms with Crippen LogP contribution >= 0.6 is 0 Å². The van der Waals surface area contributed by atoms with Gasteiger partial charge in [0.1, 0.15) is 0 Å². The molecule has 1 fully saturated rings. The maximum Gasteiger partial charge on any atom is 0.0492 e. The molecule has 1 aliphatic rings. The van der Waals surface area contributed by atoms with Crippen LogP contribution in [0.3, 0.4) is 0 Å². The van der Waals surface area contributed by atoms with Gasteiger partial charge in [0.2, 0.25) is 0 Å². The van der Waals surface area contributed by atoms with Crippen molar-refractivity contribution in [3.63, 3.8) is 0 Å². The second-order valence-electron chi connectivity index (χ2n) is 5.37. The standard InChI is InChI=1S/C14H26N4/c1-17-12-4-3-5-13(17)6-9-15-10-7-14-8-11-16-18(14)2/h8,11,13,15H,3-7,9-10,12H2,1-2H3. The fourth-order valence-electron chi connectivity index (χ4n) is 2.77. The third-order valence-corrected chi connectivity index (χ3v) is 4.06. The summed E-state index contributed by atoms with van der Waals surface area (Å²) in [6.07, 6.45) is 8.37. The average Bonchev–Trinajstić information content (AvgIpc) is 2.77. The molecule has 18 heavy (non-hydrogen) atoms. The Kier molecular flexibility index (Phi) is 5.20. The van der Waals surface area contributed by atoms with Gasteiger partial charge in [-0.25, -0.2) is 0 Å². The minimum absolute atomic E-state index is 0.794. The van der Waals surface area contributed by atoms with Crippen molar-refractivity contribution in [2.45, 2.75) is 38.1 Å². The predicted molar refractivity (Wildman–Crippen MR) is 74.7 cm³/mol. The van der Waals surface area contributed by atoms with Gasteiger partial charge in [-0.15, -0.1) is 0 Å². The summed E-state index contributed by atoms with van der Waals surface area (Å²) in [5.74, 6) is 0. The third kappa shape index (κ3) is 3.82. The second-order valence-corrected chi connectivity index (χ2v) is 5.37. The highest BCUT2D eigenvalue weighted by Gasteiger charge is 2.17. The minimum atomic E-state index is 0.794. The summed E-state index contributed by atoms with van der Waals surface area (Å²) in [6.45, 7) is 3.46. The first-order valence-electron chi connectivity index (χ1n) is 7.15. The normalized spacial score (nSPS) is 21.3. The third-order valence-electron chi connectivity index (χ3n) is 4.06. The van der Waals surface area contributed by atoms with E-state index in [1.165, 1.54) is 37.9 Å². The number of nitrogens with one attached hydrogen (secondary N) is 1. The van der Waals surface area contributed by atoms with Gasteiger partial charge in [-0.05, 0) is 45.5 Å². The van der Waals surface area contributed by atoms with E-state index < -0.39 is 0 Å². The van der Waals surface area contributed by atoms with E-state index in [4.69, 9.17) is 0 Å². The van der Waals surface area contributed by atoms with E-state index in [2.05, 4.69) is 28.4 Å². The molecule has 0 radical (unpaired) electrons. The van der Waals surface area contributed by atoms with Crippen LogP contribution in [-0.4, -0.2) is 47.4 Å². The molecule has 1 atom stereocenters. The Balaban J connectivity index is 1.57. The number of hydrogen-bond acceptors (Lipinski definition) is 3. The van der Waals surface area contributed by atoms with Crippen molar-refractivity contribution in [1.29, 1.82) is 0 Å². The molecule has 1 unspecified atom stereocenters. The molecule has 1 aliphatic heterocycles. The Hall–Kier alpha value is -0.870. The smallest absolute Gasteiger partial charge is 0.0492 e. The van der Waals surface area contributed by atoms with Crippen molar-refractivity contribution in [2.24, 2.45) is 7.05 Å². The first kappa shape index (κ1) is 13.6. The highest BCUT2D eigenvalue weighted by Crippen LogP contribution is 2.16. The molecule has 1 aromatic rings. The van der Waals surface area contributed by atoms with Crippen molar-refractivity contribution < 1.29 is 0 Å². The molecule has 0 saturated carbocycles. The molecule has 1 aromatic heterocycles. The van der Waals surface area contributed by atoms with Gasteiger partial charge in [-0.2, -0.15) is 5.10 Å². The molecule has 0 bridgehead atoms. The van der Waals surface area contributed by atoms with Gasteiger partial charge in [-0.3, -0.25) is 4.68 Å². The van der Waals surface area contributed by atoms with E-state index in [1.54, 1.807) is 0 Å². The van der Waals surface area contributed by atoms with Gasteiger partial charge in [0.05, 0.1) is 0 Å². The summed E-state index contributed by atoms with van der Waals surface area (Å²) >= 11 is 0. The lowest BCUT2D eigenvalue weighted by Gasteiger charge is -2.32. The molecule has 2 heterocycles. The summed E-state index contributed by atoms with van der Waals surface area (Å²) in [7, 11) is 4.27. The Morgan fingerprint density at radius 1 is 1.33 bits per heavy atom. The number of rotatable bonds is 6. The van der Waals surface area contributed by atoms with E-state index in [-0.39, 0.29) is 0 Å². The van der Waals surface area contributed by atoms with Crippen LogP contribution < -0.4 is 5.32 Å². The van der Waals surface area contributed by atoms with Crippen LogP contribution in [0.2, 0.25) is 0 Å². The molecule has 0 spiro atoms. The molecular weight excluding hydrogens is 224 g/mol. The molecule has 1 N–H and O–H groups in total. The fourth-order valence-corrected chi connectivity index (χ4v) is 2.77. The molecule has 4 heteroatoms. The van der Waals surface area contributed by atoms with E-state index in [0.717, 1.165) is 25.6 Å². The van der Waals surface area contributed by atoms with Gasteiger partial charge in [0.25, 0.3) is 0 Å². The predicted octanol–water partition coefficient (Wildman–Crippen LogP) is 1.43. The second kappa shape index (κ2) is 6.90. The highest BCUT2D eigenvalue weighted by atomic mass is 15.3. The first-order chi connectivity index (χ1) is 8.77. The fraction of sp³-hybridized carbons (Fsp3) is 0.786. The van der Waals surface area contributed by atoms with E-state index >= 15 is 0 Å². The number of aryl methyl sites for hydroxylation is 1. The molecule has 0 aliphatic carbocycles. The van der Waals surface area contributed by atoms with Crippen molar-refractivity contribution in [3.8, 4) is 0 Å². The number of piperidine rings is 1. The minimum Gasteiger partial charge on any atom is -0.316 e. The molecule has 0 aromatic carbocycles. The monoisotopic (exact) mass is 250 g/mol. The maximum atomic E-state index is 4.18. The topological polar surface area (TPSA) is 33.1 Å². The van der Waals surface area contributed by atoms with Crippen LogP contribution in [0, 0.1) is 0 Å². The van der Waals surface area contributed by atoms with Crippen LogP contribution in [-0.2, 0) is 13.5 Å². The summed E-state index contributed by atoms with van der Waals surface area (Å²) < 4.78 is 1.95. The summed E-state index contributed by atoms with van der Waals surface area (Å²) in [5, 5.41) is 7.73. The van der Waals surface area contributed by atoms with Gasteiger partial charge < -0.3 is 10.2 Å². The van der Waals surface area contributed by atoms with Crippen LogP contribution in [0.4, 0.5) is 0 Å². The van der Waals surface area contributed by atoms with Gasteiger partial charge >= 0.3 is 0 Å². The molecular formula is C14H26N4. The zero-order valence-corrected chi connectivity index (χ0v) is 11.7. The lowest BCUT2D eigenvalue weighted by atomic mass is 10.0. The number of aromatic nitrogens is 2. The Labute approximate surface area is 110 Å². The lowest BCUT2D eigenvalue weighted by Crippen LogP contribution is -2.38. The molecule has 102 valence electrons. The van der Waals surface area contributed by atoms with E-state index in [1.807, 2.05) is 17.9 Å². The van der Waals surface area contributed by atoms with Crippen LogP contribution in [0.25, 0.3) is 0 Å². The Bertz CT molecular complexity index is 347. The maximum absolute atomic E-state index is 4.18. The highest BCUT2D eigenvalue weighted by molar-refractivity contribution is 5.00. The van der Waals surface area contributed by atoms with Crippen LogP contribution in [0.15, 0.2) is 12.3 Å². The number of nitrogens with zero attached hydrogens (tertiary/aromatic N) is 3. The van der Waals surface area contributed by atoms with Gasteiger partial charge in [0.15, 0.2) is 0 Å². The van der Waals surface area contributed by atoms with Crippen molar-refractivity contribution >= 4 is 0 Å². The zero-order valence-electron chi connectivity index (χ0n) is 11.7. The van der Waals surface area contributed by atoms with Gasteiger partial charge in [0, 0.05) is 37.9 Å². The quantitative estimate of drug-likeness (QED) is 0.775. The molecule has 2 rings (SSSR count). The van der Waals surface area contributed by atoms with E-state index in [9.17, 15) is 0 Å². The lowest BCUT2D eigenvalue weighted by molar-refractivity contribution is 0.175. The largest absolute Gasteiger partial charge is 0.316 e. The van der Waals surface area contributed by atoms with Crippen LogP contribution in [0.1, 0.15) is 31.4 Å². The zero-order chi connectivity index (χ0) is 12.8. The molecule has 1 saturated heterocycles. The number of likely N-dealkylation sites (tertiary alicyclic amines) is 1. The van der Waals surface area contributed by atoms with Crippen molar-refractivity contribution in [3.05, 3.63) is 18.0 Å².